The van der Waals surface area contributed by atoms with Crippen LogP contribution in [0.1, 0.15) is 11.1 Å². The second-order valence-electron chi connectivity index (χ2n) is 7.63. The monoisotopic (exact) mass is 478 g/mol. The first kappa shape index (κ1) is 25.3. The summed E-state index contributed by atoms with van der Waals surface area (Å²) < 4.78 is 16.3. The lowest BCUT2D eigenvalue weighted by Crippen LogP contribution is -2.60. The zero-order valence-corrected chi connectivity index (χ0v) is 17.9. The van der Waals surface area contributed by atoms with Crippen LogP contribution in [0.15, 0.2) is 42.5 Å². The van der Waals surface area contributed by atoms with Crippen molar-refractivity contribution < 1.29 is 54.8 Å². The molecule has 0 aromatic heterocycles. The minimum atomic E-state index is -1.62. The van der Waals surface area contributed by atoms with Gasteiger partial charge in [-0.2, -0.15) is 0 Å². The van der Waals surface area contributed by atoms with E-state index in [-0.39, 0.29) is 36.0 Å². The minimum absolute atomic E-state index is 0.00742. The fraction of sp³-hybridized carbons (Fsp3) is 0.348. The number of aliphatic hydroxyl groups is 3. The standard InChI is InChI=1S/C23H26O11/c24-11-18-20(30)21(31)22(34-19(29)6-3-12-1-4-14(25)16(27)9-12)23(33-18)32-8-7-13-2-5-15(26)17(28)10-13/h1-6,9-10,18,20-28,30-31H,7-8,11H2/t18-,20-,21+,22-,23+/m1/s1. The highest BCUT2D eigenvalue weighted by Gasteiger charge is 2.47. The first-order valence-electron chi connectivity index (χ1n) is 10.3. The first-order chi connectivity index (χ1) is 16.2. The van der Waals surface area contributed by atoms with Gasteiger partial charge in [-0.15, -0.1) is 0 Å². The summed E-state index contributed by atoms with van der Waals surface area (Å²) in [7, 11) is 0. The van der Waals surface area contributed by atoms with Crippen LogP contribution in [0.2, 0.25) is 0 Å². The normalized spacial score (nSPS) is 24.9. The van der Waals surface area contributed by atoms with Gasteiger partial charge in [0.2, 0.25) is 0 Å². The predicted octanol–water partition coefficient (Wildman–Crippen LogP) is 0.132. The van der Waals surface area contributed by atoms with E-state index in [1.54, 1.807) is 6.07 Å². The number of phenolic OH excluding ortho intramolecular Hbond substituents is 4. The molecule has 0 spiro atoms. The number of aliphatic hydroxyl groups excluding tert-OH is 3. The van der Waals surface area contributed by atoms with Crippen LogP contribution in [0.4, 0.5) is 0 Å². The summed E-state index contributed by atoms with van der Waals surface area (Å²) in [4.78, 5) is 12.3. The number of benzene rings is 2. The highest BCUT2D eigenvalue weighted by atomic mass is 16.7. The molecule has 2 aromatic rings. The van der Waals surface area contributed by atoms with E-state index >= 15 is 0 Å². The summed E-state index contributed by atoms with van der Waals surface area (Å²) in [6.07, 6.45) is -4.52. The Bertz CT molecular complexity index is 1020. The molecular formula is C23H26O11. The van der Waals surface area contributed by atoms with Gasteiger partial charge in [-0.05, 0) is 47.9 Å². The molecule has 0 radical (unpaired) electrons. The van der Waals surface area contributed by atoms with Crippen molar-refractivity contribution in [2.75, 3.05) is 13.2 Å². The van der Waals surface area contributed by atoms with Crippen molar-refractivity contribution in [3.8, 4) is 23.0 Å². The number of carbonyl (C=O) groups is 1. The SMILES string of the molecule is O=C(C=Cc1ccc(O)c(O)c1)O[C@H]1[C@@H](OCCc2ccc(O)c(O)c2)O[C@H](CO)[C@@H](O)[C@@H]1O. The van der Waals surface area contributed by atoms with Gasteiger partial charge in [-0.3, -0.25) is 0 Å². The van der Waals surface area contributed by atoms with Crippen molar-refractivity contribution in [3.63, 3.8) is 0 Å². The number of carbonyl (C=O) groups excluding carboxylic acids is 1. The van der Waals surface area contributed by atoms with Crippen LogP contribution in [-0.4, -0.2) is 85.6 Å². The van der Waals surface area contributed by atoms with Crippen LogP contribution >= 0.6 is 0 Å². The highest BCUT2D eigenvalue weighted by Crippen LogP contribution is 2.28. The van der Waals surface area contributed by atoms with Gasteiger partial charge in [-0.1, -0.05) is 12.1 Å². The molecule has 184 valence electrons. The molecule has 3 rings (SSSR count). The number of hydrogen-bond acceptors (Lipinski definition) is 11. The molecule has 0 bridgehead atoms. The number of aromatic hydroxyl groups is 4. The van der Waals surface area contributed by atoms with Gasteiger partial charge in [0, 0.05) is 6.08 Å². The van der Waals surface area contributed by atoms with Crippen LogP contribution in [0.25, 0.3) is 6.08 Å². The van der Waals surface area contributed by atoms with Crippen LogP contribution in [0.5, 0.6) is 23.0 Å². The number of rotatable bonds is 8. The van der Waals surface area contributed by atoms with Crippen molar-refractivity contribution in [1.82, 2.24) is 0 Å². The minimum Gasteiger partial charge on any atom is -0.504 e. The quantitative estimate of drug-likeness (QED) is 0.155. The van der Waals surface area contributed by atoms with Gasteiger partial charge in [0.05, 0.1) is 13.2 Å². The van der Waals surface area contributed by atoms with E-state index in [1.807, 2.05) is 0 Å². The van der Waals surface area contributed by atoms with Gasteiger partial charge in [0.25, 0.3) is 0 Å². The maximum absolute atomic E-state index is 12.3. The Morgan fingerprint density at radius 1 is 0.941 bits per heavy atom. The Labute approximate surface area is 194 Å². The van der Waals surface area contributed by atoms with E-state index in [0.29, 0.717) is 11.1 Å². The highest BCUT2D eigenvalue weighted by molar-refractivity contribution is 5.87. The largest absolute Gasteiger partial charge is 0.504 e. The molecule has 2 aromatic carbocycles. The van der Waals surface area contributed by atoms with Crippen LogP contribution in [-0.2, 0) is 25.4 Å². The summed E-state index contributed by atoms with van der Waals surface area (Å²) in [6, 6.07) is 8.13. The molecule has 34 heavy (non-hydrogen) atoms. The Morgan fingerprint density at radius 3 is 2.26 bits per heavy atom. The van der Waals surface area contributed by atoms with Gasteiger partial charge in [0.1, 0.15) is 18.3 Å². The fourth-order valence-corrected chi connectivity index (χ4v) is 3.32. The maximum atomic E-state index is 12.3. The number of phenols is 4. The van der Waals surface area contributed by atoms with E-state index in [0.717, 1.165) is 6.08 Å². The zero-order chi connectivity index (χ0) is 24.8. The molecule has 0 unspecified atom stereocenters. The van der Waals surface area contributed by atoms with E-state index in [4.69, 9.17) is 14.2 Å². The molecule has 5 atom stereocenters. The Hall–Kier alpha value is -3.35. The fourth-order valence-electron chi connectivity index (χ4n) is 3.32. The molecule has 0 amide bonds. The summed E-state index contributed by atoms with van der Waals surface area (Å²) >= 11 is 0. The van der Waals surface area contributed by atoms with Crippen molar-refractivity contribution >= 4 is 12.0 Å². The van der Waals surface area contributed by atoms with Crippen LogP contribution in [0, 0.1) is 0 Å². The number of hydrogen-bond donors (Lipinski definition) is 7. The van der Waals surface area contributed by atoms with Gasteiger partial charge in [0.15, 0.2) is 35.4 Å². The molecule has 0 saturated carbocycles. The zero-order valence-electron chi connectivity index (χ0n) is 17.9. The maximum Gasteiger partial charge on any atom is 0.331 e. The summed E-state index contributed by atoms with van der Waals surface area (Å²) in [6.45, 7) is -0.624. The van der Waals surface area contributed by atoms with Crippen LogP contribution in [0.3, 0.4) is 0 Å². The second-order valence-corrected chi connectivity index (χ2v) is 7.63. The molecule has 1 fully saturated rings. The third kappa shape index (κ3) is 6.16. The lowest BCUT2D eigenvalue weighted by Gasteiger charge is -2.41. The Morgan fingerprint density at radius 2 is 1.62 bits per heavy atom. The number of ether oxygens (including phenoxy) is 3. The molecule has 11 heteroatoms. The van der Waals surface area contributed by atoms with Crippen molar-refractivity contribution in [2.45, 2.75) is 37.1 Å². The molecule has 1 aliphatic rings. The average molecular weight is 478 g/mol. The molecule has 0 aliphatic carbocycles. The molecule has 11 nitrogen and oxygen atoms in total. The molecule has 1 saturated heterocycles. The van der Waals surface area contributed by atoms with E-state index in [1.165, 1.54) is 36.4 Å². The molecular weight excluding hydrogens is 452 g/mol. The summed E-state index contributed by atoms with van der Waals surface area (Å²) in [5, 5.41) is 67.9. The third-order valence-electron chi connectivity index (χ3n) is 5.20. The predicted molar refractivity (Wildman–Crippen MR) is 116 cm³/mol. The molecule has 7 N–H and O–H groups in total. The van der Waals surface area contributed by atoms with Crippen molar-refractivity contribution in [1.29, 1.82) is 0 Å². The first-order valence-corrected chi connectivity index (χ1v) is 10.3. The molecule has 1 aliphatic heterocycles. The van der Waals surface area contributed by atoms with Gasteiger partial charge in [-0.25, -0.2) is 4.79 Å². The second kappa shape index (κ2) is 11.2. The topological polar surface area (TPSA) is 186 Å². The van der Waals surface area contributed by atoms with Crippen molar-refractivity contribution in [3.05, 3.63) is 53.6 Å². The van der Waals surface area contributed by atoms with E-state index in [9.17, 15) is 40.5 Å². The van der Waals surface area contributed by atoms with Gasteiger partial charge >= 0.3 is 5.97 Å². The third-order valence-corrected chi connectivity index (χ3v) is 5.20. The smallest absolute Gasteiger partial charge is 0.331 e. The lowest BCUT2D eigenvalue weighted by atomic mass is 9.99. The van der Waals surface area contributed by atoms with E-state index < -0.39 is 43.3 Å². The Kier molecular flexibility index (Phi) is 8.31. The van der Waals surface area contributed by atoms with Gasteiger partial charge < -0.3 is 50.0 Å². The summed E-state index contributed by atoms with van der Waals surface area (Å²) in [5.74, 6) is -2.18. The molecule has 1 heterocycles. The summed E-state index contributed by atoms with van der Waals surface area (Å²) in [5.41, 5.74) is 1.01. The number of esters is 1. The van der Waals surface area contributed by atoms with E-state index in [2.05, 4.69) is 0 Å². The van der Waals surface area contributed by atoms with Crippen molar-refractivity contribution in [2.24, 2.45) is 0 Å². The Balaban J connectivity index is 1.66. The average Bonchev–Trinajstić information content (AvgIpc) is 2.81. The van der Waals surface area contributed by atoms with Crippen LogP contribution < -0.4 is 0 Å². The lowest BCUT2D eigenvalue weighted by molar-refractivity contribution is -0.303.